The van der Waals surface area contributed by atoms with Crippen molar-refractivity contribution in [1.82, 2.24) is 0 Å². The highest BCUT2D eigenvalue weighted by molar-refractivity contribution is 7.99. The van der Waals surface area contributed by atoms with Gasteiger partial charge >= 0.3 is 0 Å². The summed E-state index contributed by atoms with van der Waals surface area (Å²) in [5.41, 5.74) is 3.67. The summed E-state index contributed by atoms with van der Waals surface area (Å²) in [7, 11) is 6.27. The fourth-order valence-electron chi connectivity index (χ4n) is 2.56. The predicted molar refractivity (Wildman–Crippen MR) is 118 cm³/mol. The second kappa shape index (κ2) is 11.4. The summed E-state index contributed by atoms with van der Waals surface area (Å²) in [6, 6.07) is 15.1. The Labute approximate surface area is 168 Å². The van der Waals surface area contributed by atoms with E-state index in [0.717, 1.165) is 12.3 Å². The van der Waals surface area contributed by atoms with Gasteiger partial charge in [-0.25, -0.2) is 0 Å². The summed E-state index contributed by atoms with van der Waals surface area (Å²) in [4.78, 5) is 2.31. The summed E-state index contributed by atoms with van der Waals surface area (Å²) in [6.45, 7) is 3.07. The Morgan fingerprint density at radius 3 is 2.59 bits per heavy atom. The highest BCUT2D eigenvalue weighted by Gasteiger charge is 2.06. The van der Waals surface area contributed by atoms with E-state index >= 15 is 0 Å². The molecule has 0 saturated carbocycles. The first kappa shape index (κ1) is 21.0. The lowest BCUT2D eigenvalue weighted by atomic mass is 10.1. The molecule has 0 unspecified atom stereocenters. The normalized spacial score (nSPS) is 12.2. The molecule has 0 radical (unpaired) electrons. The zero-order chi connectivity index (χ0) is 19.5. The molecular formula is C23H31N3S+2. The van der Waals surface area contributed by atoms with Crippen molar-refractivity contribution in [3.8, 4) is 0 Å². The zero-order valence-electron chi connectivity index (χ0n) is 16.8. The number of hydrogen-bond donors (Lipinski definition) is 1. The van der Waals surface area contributed by atoms with Crippen molar-refractivity contribution in [3.05, 3.63) is 84.2 Å². The largest absolute Gasteiger partial charge is 0.374 e. The molecule has 1 aromatic carbocycles. The lowest BCUT2D eigenvalue weighted by Gasteiger charge is -2.18. The summed E-state index contributed by atoms with van der Waals surface area (Å²) in [6.07, 6.45) is 12.7. The Balaban J connectivity index is 1.88. The Kier molecular flexibility index (Phi) is 8.89. The molecule has 0 fully saturated rings. The predicted octanol–water partition coefficient (Wildman–Crippen LogP) is 3.41. The molecule has 2 N–H and O–H groups in total. The fraction of sp³-hybridized carbons (Fsp3) is 0.261. The molecule has 0 spiro atoms. The molecule has 0 bridgehead atoms. The molecule has 2 aromatic rings. The van der Waals surface area contributed by atoms with Crippen LogP contribution in [0.2, 0.25) is 0 Å². The van der Waals surface area contributed by atoms with Crippen LogP contribution in [0.25, 0.3) is 6.08 Å². The molecule has 0 aliphatic heterocycles. The van der Waals surface area contributed by atoms with E-state index in [9.17, 15) is 0 Å². The molecule has 0 amide bonds. The van der Waals surface area contributed by atoms with Gasteiger partial charge in [0, 0.05) is 37.2 Å². The minimum atomic E-state index is 1.01. The average Bonchev–Trinajstić information content (AvgIpc) is 2.70. The van der Waals surface area contributed by atoms with Gasteiger partial charge in [-0.15, -0.1) is 0 Å². The molecule has 27 heavy (non-hydrogen) atoms. The Morgan fingerprint density at radius 1 is 1.15 bits per heavy atom. The molecule has 1 heterocycles. The molecule has 142 valence electrons. The Hall–Kier alpha value is -2.30. The number of nitrogens with zero attached hydrogens (tertiary/aromatic N) is 2. The number of aromatic nitrogens is 1. The summed E-state index contributed by atoms with van der Waals surface area (Å²) < 4.78 is 2.17. The minimum Gasteiger partial charge on any atom is -0.374 e. The van der Waals surface area contributed by atoms with Gasteiger partial charge in [0.2, 0.25) is 5.03 Å². The van der Waals surface area contributed by atoms with Crippen LogP contribution in [0.15, 0.2) is 83.7 Å². The van der Waals surface area contributed by atoms with E-state index < -0.39 is 0 Å². The molecule has 0 aliphatic carbocycles. The third-order valence-electron chi connectivity index (χ3n) is 4.30. The van der Waals surface area contributed by atoms with Gasteiger partial charge in [-0.2, -0.15) is 4.57 Å². The van der Waals surface area contributed by atoms with E-state index in [4.69, 9.17) is 0 Å². The first-order valence-corrected chi connectivity index (χ1v) is 10.3. The standard InChI is InChI=1S/C23H30N3S/c1-5-20(15-16-24-2)9-10-21-11-13-22(14-12-21)25(3)18-19-27-23-8-6-7-17-26(23)4/h5-17,24H,18-19H2,1-4H3/q+1/p+1/b10-9+,16-15-,20-5-. The van der Waals surface area contributed by atoms with E-state index in [1.807, 2.05) is 24.1 Å². The lowest BCUT2D eigenvalue weighted by Crippen LogP contribution is -2.72. The molecule has 0 aliphatic rings. The number of allylic oxidation sites excluding steroid dienone is 4. The van der Waals surface area contributed by atoms with Gasteiger partial charge in [-0.3, -0.25) is 0 Å². The van der Waals surface area contributed by atoms with Crippen molar-refractivity contribution in [2.24, 2.45) is 7.05 Å². The minimum absolute atomic E-state index is 1.01. The number of nitrogens with two attached hydrogens (primary N) is 1. The molecule has 4 heteroatoms. The SMILES string of the molecule is C/C=C(\C=C/[NH2+]C)/C=C/c1ccc(N(C)CCSc2cccc[n+]2C)cc1. The molecule has 2 rings (SSSR count). The van der Waals surface area contributed by atoms with Crippen molar-refractivity contribution < 1.29 is 9.88 Å². The van der Waals surface area contributed by atoms with Gasteiger partial charge in [-0.05, 0) is 42.3 Å². The van der Waals surface area contributed by atoms with Gasteiger partial charge in [-0.1, -0.05) is 42.1 Å². The Morgan fingerprint density at radius 2 is 1.93 bits per heavy atom. The number of aryl methyl sites for hydroxylation is 1. The number of hydrogen-bond acceptors (Lipinski definition) is 2. The highest BCUT2D eigenvalue weighted by atomic mass is 32.2. The maximum absolute atomic E-state index is 2.31. The number of quaternary nitrogens is 1. The lowest BCUT2D eigenvalue weighted by molar-refractivity contribution is -0.708. The van der Waals surface area contributed by atoms with Crippen LogP contribution in [0.3, 0.4) is 0 Å². The second-order valence-electron chi connectivity index (χ2n) is 6.33. The molecule has 0 atom stereocenters. The third kappa shape index (κ3) is 7.08. The van der Waals surface area contributed by atoms with Gasteiger partial charge in [0.15, 0.2) is 6.20 Å². The zero-order valence-corrected chi connectivity index (χ0v) is 17.6. The van der Waals surface area contributed by atoms with Crippen LogP contribution >= 0.6 is 11.8 Å². The van der Waals surface area contributed by atoms with Crippen molar-refractivity contribution in [3.63, 3.8) is 0 Å². The van der Waals surface area contributed by atoms with Crippen LogP contribution in [0.5, 0.6) is 0 Å². The number of benzene rings is 1. The van der Waals surface area contributed by atoms with Crippen LogP contribution in [-0.4, -0.2) is 26.4 Å². The van der Waals surface area contributed by atoms with Crippen molar-refractivity contribution in [2.45, 2.75) is 11.9 Å². The van der Waals surface area contributed by atoms with Crippen LogP contribution in [0, 0.1) is 0 Å². The van der Waals surface area contributed by atoms with Crippen LogP contribution < -0.4 is 14.8 Å². The van der Waals surface area contributed by atoms with E-state index in [1.165, 1.54) is 21.8 Å². The van der Waals surface area contributed by atoms with Gasteiger partial charge in [0.25, 0.3) is 0 Å². The molecular weight excluding hydrogens is 350 g/mol. The second-order valence-corrected chi connectivity index (χ2v) is 7.44. The summed E-state index contributed by atoms with van der Waals surface area (Å²) >= 11 is 1.89. The maximum Gasteiger partial charge on any atom is 0.239 e. The Bertz CT molecular complexity index is 792. The van der Waals surface area contributed by atoms with E-state index in [0.29, 0.717) is 0 Å². The maximum atomic E-state index is 2.31. The smallest absolute Gasteiger partial charge is 0.239 e. The molecule has 1 aromatic heterocycles. The number of pyridine rings is 1. The van der Waals surface area contributed by atoms with Gasteiger partial charge < -0.3 is 10.2 Å². The first-order chi connectivity index (χ1) is 13.1. The third-order valence-corrected chi connectivity index (χ3v) is 5.41. The van der Waals surface area contributed by atoms with E-state index in [2.05, 4.69) is 110 Å². The quantitative estimate of drug-likeness (QED) is 0.409. The molecule has 3 nitrogen and oxygen atoms in total. The first-order valence-electron chi connectivity index (χ1n) is 9.33. The van der Waals surface area contributed by atoms with Gasteiger partial charge in [0.1, 0.15) is 7.05 Å². The number of rotatable bonds is 9. The monoisotopic (exact) mass is 381 g/mol. The van der Waals surface area contributed by atoms with E-state index in [1.54, 1.807) is 0 Å². The van der Waals surface area contributed by atoms with Crippen molar-refractivity contribution in [1.29, 1.82) is 0 Å². The highest BCUT2D eigenvalue weighted by Crippen LogP contribution is 2.18. The topological polar surface area (TPSA) is 23.7 Å². The average molecular weight is 382 g/mol. The van der Waals surface area contributed by atoms with Crippen LogP contribution in [0.1, 0.15) is 12.5 Å². The number of thioether (sulfide) groups is 1. The fourth-order valence-corrected chi connectivity index (χ4v) is 3.58. The molecule has 0 saturated heterocycles. The van der Waals surface area contributed by atoms with Crippen molar-refractivity contribution >= 4 is 23.5 Å². The van der Waals surface area contributed by atoms with Crippen LogP contribution in [-0.2, 0) is 7.05 Å². The van der Waals surface area contributed by atoms with Crippen molar-refractivity contribution in [2.75, 3.05) is 31.3 Å². The van der Waals surface area contributed by atoms with Gasteiger partial charge in [0.05, 0.1) is 13.2 Å². The number of anilines is 1. The van der Waals surface area contributed by atoms with Crippen LogP contribution in [0.4, 0.5) is 5.69 Å². The summed E-state index contributed by atoms with van der Waals surface area (Å²) in [5, 5.41) is 3.33. The van der Waals surface area contributed by atoms with E-state index in [-0.39, 0.29) is 0 Å². The summed E-state index contributed by atoms with van der Waals surface area (Å²) in [5.74, 6) is 1.06.